The highest BCUT2D eigenvalue weighted by Gasteiger charge is 2.09. The summed E-state index contributed by atoms with van der Waals surface area (Å²) in [5.74, 6) is -0.136. The van der Waals surface area contributed by atoms with Gasteiger partial charge in [-0.3, -0.25) is 4.98 Å². The molecule has 0 spiro atoms. The van der Waals surface area contributed by atoms with Crippen molar-refractivity contribution >= 4 is 10.9 Å². The molecule has 2 heterocycles. The third kappa shape index (κ3) is 2.97. The predicted octanol–water partition coefficient (Wildman–Crippen LogP) is 5.59. The van der Waals surface area contributed by atoms with E-state index in [0.717, 1.165) is 22.2 Å². The molecule has 3 nitrogen and oxygen atoms in total. The highest BCUT2D eigenvalue weighted by molar-refractivity contribution is 5.84. The molecule has 128 valence electrons. The van der Waals surface area contributed by atoms with Crippen molar-refractivity contribution in [2.75, 3.05) is 0 Å². The number of hydrogen-bond acceptors (Lipinski definition) is 3. The topological polar surface area (TPSA) is 38.7 Å². The van der Waals surface area contributed by atoms with Crippen LogP contribution in [0.1, 0.15) is 26.6 Å². The molecule has 0 saturated heterocycles. The first-order valence-corrected chi connectivity index (χ1v) is 8.54. The van der Waals surface area contributed by atoms with Crippen LogP contribution in [0.25, 0.3) is 33.3 Å². The average molecular weight is 342 g/mol. The van der Waals surface area contributed by atoms with Gasteiger partial charge in [-0.15, -0.1) is 0 Å². The van der Waals surface area contributed by atoms with Gasteiger partial charge in [0.05, 0.1) is 11.2 Å². The van der Waals surface area contributed by atoms with Gasteiger partial charge in [-0.2, -0.15) is 0 Å². The smallest absolute Gasteiger partial charge is 0.125 e. The van der Waals surface area contributed by atoms with Crippen LogP contribution in [0.15, 0.2) is 54.9 Å². The van der Waals surface area contributed by atoms with Crippen molar-refractivity contribution in [3.05, 3.63) is 77.4 Å². The Morgan fingerprint density at radius 3 is 2.42 bits per heavy atom. The second kappa shape index (κ2) is 6.34. The van der Waals surface area contributed by atoms with Crippen molar-refractivity contribution < 1.29 is 4.11 Å². The molecular weight excluding hydrogens is 318 g/mol. The second-order valence-electron chi connectivity index (χ2n) is 6.67. The largest absolute Gasteiger partial charge is 0.256 e. The summed E-state index contributed by atoms with van der Waals surface area (Å²) >= 11 is 0. The summed E-state index contributed by atoms with van der Waals surface area (Å²) in [5, 5.41) is 0.783. The lowest BCUT2D eigenvalue weighted by Crippen LogP contribution is -1.92. The van der Waals surface area contributed by atoms with Gasteiger partial charge in [0.2, 0.25) is 0 Å². The van der Waals surface area contributed by atoms with Gasteiger partial charge in [0.25, 0.3) is 0 Å². The van der Waals surface area contributed by atoms with Crippen LogP contribution in [0.2, 0.25) is 0 Å². The van der Waals surface area contributed by atoms with Crippen LogP contribution in [0.3, 0.4) is 0 Å². The SMILES string of the molecule is [2H]C([2H])([2H])c1ncc2cc(-c3cc(-c4c(C)cc(C)cc4C)ccn3)ccc2n1. The maximum atomic E-state index is 7.48. The summed E-state index contributed by atoms with van der Waals surface area (Å²) in [6, 6.07) is 14.2. The van der Waals surface area contributed by atoms with Crippen molar-refractivity contribution in [3.63, 3.8) is 0 Å². The number of benzene rings is 2. The maximum absolute atomic E-state index is 7.48. The molecule has 2 aromatic heterocycles. The monoisotopic (exact) mass is 342 g/mol. The Morgan fingerprint density at radius 1 is 0.846 bits per heavy atom. The number of fused-ring (bicyclic) bond motifs is 1. The van der Waals surface area contributed by atoms with Gasteiger partial charge in [0, 0.05) is 27.5 Å². The Bertz CT molecular complexity index is 1210. The molecule has 0 bridgehead atoms. The first kappa shape index (κ1) is 13.2. The molecule has 0 atom stereocenters. The van der Waals surface area contributed by atoms with Crippen molar-refractivity contribution in [2.45, 2.75) is 27.6 Å². The van der Waals surface area contributed by atoms with Crippen molar-refractivity contribution in [3.8, 4) is 22.4 Å². The Morgan fingerprint density at radius 2 is 1.65 bits per heavy atom. The molecule has 3 heteroatoms. The van der Waals surface area contributed by atoms with Crippen LogP contribution in [0.4, 0.5) is 0 Å². The number of pyridine rings is 1. The molecule has 26 heavy (non-hydrogen) atoms. The van der Waals surface area contributed by atoms with E-state index in [-0.39, 0.29) is 5.82 Å². The number of hydrogen-bond donors (Lipinski definition) is 0. The Kier molecular flexibility index (Phi) is 3.21. The zero-order valence-electron chi connectivity index (χ0n) is 18.0. The second-order valence-corrected chi connectivity index (χ2v) is 6.67. The molecule has 0 saturated carbocycles. The zero-order valence-corrected chi connectivity index (χ0v) is 15.0. The van der Waals surface area contributed by atoms with E-state index in [0.29, 0.717) is 5.52 Å². The minimum atomic E-state index is -2.31. The van der Waals surface area contributed by atoms with Gasteiger partial charge >= 0.3 is 0 Å². The number of nitrogens with zero attached hydrogens (tertiary/aromatic N) is 3. The average Bonchev–Trinajstić information content (AvgIpc) is 2.66. The van der Waals surface area contributed by atoms with Crippen molar-refractivity contribution in [2.24, 2.45) is 0 Å². The van der Waals surface area contributed by atoms with E-state index in [4.69, 9.17) is 4.11 Å². The molecule has 0 amide bonds. The van der Waals surface area contributed by atoms with Gasteiger partial charge in [0.15, 0.2) is 0 Å². The Balaban J connectivity index is 1.78. The number of aromatic nitrogens is 3. The van der Waals surface area contributed by atoms with E-state index in [2.05, 4.69) is 53.9 Å². The first-order chi connectivity index (χ1) is 13.7. The van der Waals surface area contributed by atoms with E-state index in [1.54, 1.807) is 6.20 Å². The molecule has 0 unspecified atom stereocenters. The highest BCUT2D eigenvalue weighted by atomic mass is 14.9. The molecule has 4 aromatic rings. The fraction of sp³-hybridized carbons (Fsp3) is 0.174. The lowest BCUT2D eigenvalue weighted by molar-refractivity contribution is 1.09. The minimum absolute atomic E-state index is 0.136. The third-order valence-corrected chi connectivity index (χ3v) is 4.60. The number of rotatable bonds is 2. The van der Waals surface area contributed by atoms with E-state index in [1.807, 2.05) is 30.5 Å². The van der Waals surface area contributed by atoms with Crippen LogP contribution < -0.4 is 0 Å². The standard InChI is InChI=1S/C23H21N3/c1-14-9-15(2)23(16(3)10-14)19-7-8-24-22(12-19)18-5-6-21-20(11-18)13-25-17(4)26-21/h5-13H,1-4H3/i4D3. The van der Waals surface area contributed by atoms with E-state index in [9.17, 15) is 0 Å². The van der Waals surface area contributed by atoms with E-state index >= 15 is 0 Å². The van der Waals surface area contributed by atoms with Gasteiger partial charge < -0.3 is 0 Å². The van der Waals surface area contributed by atoms with Crippen LogP contribution >= 0.6 is 0 Å². The molecule has 0 aliphatic rings. The minimum Gasteiger partial charge on any atom is -0.256 e. The molecule has 0 aliphatic carbocycles. The summed E-state index contributed by atoms with van der Waals surface area (Å²) in [6.45, 7) is 4.06. The zero-order chi connectivity index (χ0) is 20.8. The first-order valence-electron chi connectivity index (χ1n) is 10.0. The highest BCUT2D eigenvalue weighted by Crippen LogP contribution is 2.31. The summed E-state index contributed by atoms with van der Waals surface area (Å²) < 4.78 is 22.4. The molecule has 0 aliphatic heterocycles. The van der Waals surface area contributed by atoms with Gasteiger partial charge in [-0.25, -0.2) is 9.97 Å². The number of aryl methyl sites for hydroxylation is 4. The summed E-state index contributed by atoms with van der Waals surface area (Å²) in [7, 11) is 0. The van der Waals surface area contributed by atoms with Gasteiger partial charge in [0.1, 0.15) is 5.82 Å². The van der Waals surface area contributed by atoms with Crippen LogP contribution in [0, 0.1) is 27.6 Å². The normalized spacial score (nSPS) is 13.3. The van der Waals surface area contributed by atoms with Gasteiger partial charge in [-0.05, 0) is 74.1 Å². The summed E-state index contributed by atoms with van der Waals surface area (Å²) in [6.07, 6.45) is 3.38. The third-order valence-electron chi connectivity index (χ3n) is 4.60. The van der Waals surface area contributed by atoms with Crippen LogP contribution in [-0.2, 0) is 0 Å². The molecule has 4 rings (SSSR count). The molecule has 0 N–H and O–H groups in total. The molecule has 2 aromatic carbocycles. The van der Waals surface area contributed by atoms with Crippen molar-refractivity contribution in [1.82, 2.24) is 15.0 Å². The molecule has 0 fully saturated rings. The van der Waals surface area contributed by atoms with Crippen molar-refractivity contribution in [1.29, 1.82) is 0 Å². The van der Waals surface area contributed by atoms with Crippen LogP contribution in [-0.4, -0.2) is 15.0 Å². The Hall–Kier alpha value is -3.07. The summed E-state index contributed by atoms with van der Waals surface area (Å²) in [5.41, 5.74) is 8.48. The fourth-order valence-electron chi connectivity index (χ4n) is 3.57. The van der Waals surface area contributed by atoms with E-state index < -0.39 is 6.85 Å². The predicted molar refractivity (Wildman–Crippen MR) is 107 cm³/mol. The van der Waals surface area contributed by atoms with Crippen LogP contribution in [0.5, 0.6) is 0 Å². The molecule has 0 radical (unpaired) electrons. The molecular formula is C23H21N3. The van der Waals surface area contributed by atoms with Gasteiger partial charge in [-0.1, -0.05) is 23.8 Å². The quantitative estimate of drug-likeness (QED) is 0.476. The lowest BCUT2D eigenvalue weighted by Gasteiger charge is -2.13. The Labute approximate surface area is 158 Å². The fourth-order valence-corrected chi connectivity index (χ4v) is 3.57. The van der Waals surface area contributed by atoms with E-state index in [1.165, 1.54) is 22.3 Å². The lowest BCUT2D eigenvalue weighted by atomic mass is 9.93. The maximum Gasteiger partial charge on any atom is 0.125 e. The summed E-state index contributed by atoms with van der Waals surface area (Å²) in [4.78, 5) is 12.7.